The highest BCUT2D eigenvalue weighted by molar-refractivity contribution is 8.01. The van der Waals surface area contributed by atoms with Gasteiger partial charge in [-0.3, -0.25) is 9.59 Å². The first kappa shape index (κ1) is 24.7. The number of rotatable bonds is 11. The highest BCUT2D eigenvalue weighted by Gasteiger charge is 2.39. The normalized spacial score (nSPS) is 16.5. The van der Waals surface area contributed by atoms with Crippen molar-refractivity contribution in [3.05, 3.63) is 59.7 Å². The fraction of sp³-hybridized carbons (Fsp3) is 0.462. The molecule has 0 aromatic heterocycles. The fourth-order valence-electron chi connectivity index (χ4n) is 3.63. The van der Waals surface area contributed by atoms with Crippen molar-refractivity contribution in [2.24, 2.45) is 5.92 Å². The lowest BCUT2D eigenvalue weighted by molar-refractivity contribution is -0.128. The molecular weight excluding hydrogens is 436 g/mol. The molecule has 0 aliphatic carbocycles. The highest BCUT2D eigenvalue weighted by Crippen LogP contribution is 2.42. The van der Waals surface area contributed by atoms with Crippen LogP contribution in [0.5, 0.6) is 0 Å². The molecule has 2 aromatic rings. The Morgan fingerprint density at radius 1 is 1.12 bits per heavy atom. The molecule has 0 saturated carbocycles. The van der Waals surface area contributed by atoms with E-state index in [2.05, 4.69) is 43.4 Å². The van der Waals surface area contributed by atoms with Gasteiger partial charge in [0.15, 0.2) is 0 Å². The Balaban J connectivity index is 1.64. The van der Waals surface area contributed by atoms with Crippen molar-refractivity contribution < 1.29 is 9.59 Å². The molecule has 1 aliphatic heterocycles. The molecule has 0 radical (unpaired) electrons. The first-order valence-electron chi connectivity index (χ1n) is 11.5. The molecule has 6 heteroatoms. The Morgan fingerprint density at radius 2 is 1.84 bits per heavy atom. The summed E-state index contributed by atoms with van der Waals surface area (Å²) in [5, 5.41) is 2.63. The van der Waals surface area contributed by atoms with E-state index in [4.69, 9.17) is 0 Å². The second-order valence-electron chi connectivity index (χ2n) is 8.32. The molecule has 4 nitrogen and oxygen atoms in total. The number of thioether (sulfide) groups is 2. The average molecular weight is 471 g/mol. The van der Waals surface area contributed by atoms with Gasteiger partial charge in [-0.1, -0.05) is 62.2 Å². The molecule has 0 spiro atoms. The van der Waals surface area contributed by atoms with Crippen LogP contribution < -0.4 is 10.2 Å². The van der Waals surface area contributed by atoms with Crippen molar-refractivity contribution in [1.29, 1.82) is 0 Å². The number of benzene rings is 2. The van der Waals surface area contributed by atoms with Gasteiger partial charge in [-0.25, -0.2) is 0 Å². The molecule has 0 saturated heterocycles. The third-order valence-corrected chi connectivity index (χ3v) is 8.27. The predicted molar refractivity (Wildman–Crippen MR) is 137 cm³/mol. The molecule has 3 rings (SSSR count). The summed E-state index contributed by atoms with van der Waals surface area (Å²) in [6.45, 7) is 7.31. The lowest BCUT2D eigenvalue weighted by Crippen LogP contribution is -2.47. The molecular formula is C26H34N2O2S2. The number of nitrogens with one attached hydrogen (secondary N) is 1. The van der Waals surface area contributed by atoms with Crippen LogP contribution in [0, 0.1) is 12.8 Å². The molecule has 0 unspecified atom stereocenters. The smallest absolute Gasteiger partial charge is 0.241 e. The molecule has 2 atom stereocenters. The largest absolute Gasteiger partial charge is 0.356 e. The Morgan fingerprint density at radius 3 is 2.59 bits per heavy atom. The second kappa shape index (κ2) is 12.4. The zero-order valence-corrected chi connectivity index (χ0v) is 20.9. The van der Waals surface area contributed by atoms with Crippen molar-refractivity contribution in [1.82, 2.24) is 5.32 Å². The molecule has 0 bridgehead atoms. The first-order chi connectivity index (χ1) is 15.5. The van der Waals surface area contributed by atoms with E-state index in [1.807, 2.05) is 47.9 Å². The van der Waals surface area contributed by atoms with E-state index in [9.17, 15) is 9.59 Å². The minimum atomic E-state index is -0.422. The summed E-state index contributed by atoms with van der Waals surface area (Å²) in [6.07, 6.45) is 3.43. The number of para-hydroxylation sites is 1. The highest BCUT2D eigenvalue weighted by atomic mass is 32.2. The van der Waals surface area contributed by atoms with Crippen molar-refractivity contribution in [2.45, 2.75) is 56.7 Å². The van der Waals surface area contributed by atoms with Crippen LogP contribution in [0.25, 0.3) is 0 Å². The summed E-state index contributed by atoms with van der Waals surface area (Å²) in [5.41, 5.74) is 3.21. The summed E-state index contributed by atoms with van der Waals surface area (Å²) < 4.78 is 0. The van der Waals surface area contributed by atoms with Crippen LogP contribution in [0.3, 0.4) is 0 Å². The quantitative estimate of drug-likeness (QED) is 0.429. The van der Waals surface area contributed by atoms with Gasteiger partial charge < -0.3 is 10.2 Å². The Labute approximate surface area is 200 Å². The predicted octanol–water partition coefficient (Wildman–Crippen LogP) is 5.68. The van der Waals surface area contributed by atoms with Gasteiger partial charge in [-0.2, -0.15) is 11.8 Å². The van der Waals surface area contributed by atoms with Crippen LogP contribution in [0.1, 0.15) is 44.2 Å². The van der Waals surface area contributed by atoms with Gasteiger partial charge in [0, 0.05) is 11.4 Å². The third kappa shape index (κ3) is 6.55. The summed E-state index contributed by atoms with van der Waals surface area (Å²) in [6, 6.07) is 16.3. The lowest BCUT2D eigenvalue weighted by atomic mass is 10.0. The summed E-state index contributed by atoms with van der Waals surface area (Å²) >= 11 is 3.46. The van der Waals surface area contributed by atoms with E-state index in [-0.39, 0.29) is 11.8 Å². The Kier molecular flexibility index (Phi) is 9.54. The fourth-order valence-corrected chi connectivity index (χ4v) is 5.96. The number of hydrogen-bond donors (Lipinski definition) is 1. The summed E-state index contributed by atoms with van der Waals surface area (Å²) in [7, 11) is 0. The summed E-state index contributed by atoms with van der Waals surface area (Å²) in [5.74, 6) is 1.82. The number of carbonyl (C=O) groups excluding carboxylic acids is 2. The van der Waals surface area contributed by atoms with Crippen LogP contribution >= 0.6 is 23.5 Å². The second-order valence-corrected chi connectivity index (χ2v) is 10.7. The van der Waals surface area contributed by atoms with Gasteiger partial charge in [-0.05, 0) is 49.0 Å². The standard InChI is InChI=1S/C26H34N2O2S2/c1-4-5-16-31-17-8-15-27-25(29)20(3)24-26(30)28(18-21-13-11-19(2)12-14-21)22-9-6-7-10-23(22)32-24/h6-7,9-14,20,24H,4-5,8,15-18H2,1-3H3,(H,27,29)/t20-,24+/m0/s1. The van der Waals surface area contributed by atoms with E-state index >= 15 is 0 Å². The maximum absolute atomic E-state index is 13.5. The van der Waals surface area contributed by atoms with E-state index in [1.54, 1.807) is 0 Å². The van der Waals surface area contributed by atoms with Gasteiger partial charge in [0.05, 0.1) is 18.2 Å². The number of hydrogen-bond acceptors (Lipinski definition) is 4. The minimum absolute atomic E-state index is 0.00652. The van der Waals surface area contributed by atoms with Crippen LogP contribution in [-0.4, -0.2) is 35.1 Å². The molecule has 2 aromatic carbocycles. The van der Waals surface area contributed by atoms with E-state index in [0.717, 1.165) is 28.3 Å². The van der Waals surface area contributed by atoms with Crippen LogP contribution in [0.4, 0.5) is 5.69 Å². The zero-order chi connectivity index (χ0) is 22.9. The minimum Gasteiger partial charge on any atom is -0.356 e. The molecule has 0 fully saturated rings. The number of anilines is 1. The van der Waals surface area contributed by atoms with Gasteiger partial charge in [0.2, 0.25) is 11.8 Å². The number of unbranched alkanes of at least 4 members (excludes halogenated alkanes) is 1. The van der Waals surface area contributed by atoms with Crippen molar-refractivity contribution in [2.75, 3.05) is 23.0 Å². The molecule has 1 heterocycles. The maximum Gasteiger partial charge on any atom is 0.241 e. The molecule has 172 valence electrons. The first-order valence-corrected chi connectivity index (χ1v) is 13.5. The van der Waals surface area contributed by atoms with E-state index < -0.39 is 11.2 Å². The van der Waals surface area contributed by atoms with Gasteiger partial charge in [0.25, 0.3) is 0 Å². The Bertz CT molecular complexity index is 901. The van der Waals surface area contributed by atoms with E-state index in [1.165, 1.54) is 35.9 Å². The van der Waals surface area contributed by atoms with Crippen molar-refractivity contribution in [3.8, 4) is 0 Å². The molecule has 32 heavy (non-hydrogen) atoms. The maximum atomic E-state index is 13.5. The monoisotopic (exact) mass is 470 g/mol. The molecule has 1 N–H and O–H groups in total. The Hall–Kier alpha value is -1.92. The van der Waals surface area contributed by atoms with Crippen LogP contribution in [0.2, 0.25) is 0 Å². The van der Waals surface area contributed by atoms with Gasteiger partial charge in [0.1, 0.15) is 5.25 Å². The van der Waals surface area contributed by atoms with Crippen LogP contribution in [0.15, 0.2) is 53.4 Å². The number of amides is 2. The van der Waals surface area contributed by atoms with Crippen LogP contribution in [-0.2, 0) is 16.1 Å². The third-order valence-electron chi connectivity index (χ3n) is 5.66. The summed E-state index contributed by atoms with van der Waals surface area (Å²) in [4.78, 5) is 29.2. The zero-order valence-electron chi connectivity index (χ0n) is 19.3. The van der Waals surface area contributed by atoms with Crippen molar-refractivity contribution in [3.63, 3.8) is 0 Å². The lowest BCUT2D eigenvalue weighted by Gasteiger charge is -2.35. The molecule has 1 aliphatic rings. The number of nitrogens with zero attached hydrogens (tertiary/aromatic N) is 1. The van der Waals surface area contributed by atoms with Gasteiger partial charge >= 0.3 is 0 Å². The van der Waals surface area contributed by atoms with Gasteiger partial charge in [-0.15, -0.1) is 11.8 Å². The van der Waals surface area contributed by atoms with Crippen molar-refractivity contribution >= 4 is 41.0 Å². The number of carbonyl (C=O) groups is 2. The molecule has 2 amide bonds. The average Bonchev–Trinajstić information content (AvgIpc) is 2.80. The SMILES string of the molecule is CCCCSCCCNC(=O)[C@@H](C)[C@H]1Sc2ccccc2N(Cc2ccc(C)cc2)C1=O. The number of aryl methyl sites for hydroxylation is 1. The number of fused-ring (bicyclic) bond motifs is 1. The van der Waals surface area contributed by atoms with E-state index in [0.29, 0.717) is 13.1 Å². The topological polar surface area (TPSA) is 49.4 Å².